The summed E-state index contributed by atoms with van der Waals surface area (Å²) < 4.78 is 0. The van der Waals surface area contributed by atoms with E-state index in [9.17, 15) is 0 Å². The molecule has 0 radical (unpaired) electrons. The maximum absolute atomic E-state index is 8.56. The largest absolute Gasteiger partial charge is 0.411 e. The van der Waals surface area contributed by atoms with E-state index >= 15 is 0 Å². The molecule has 1 N–H and O–H groups in total. The maximum atomic E-state index is 8.56. The van der Waals surface area contributed by atoms with Gasteiger partial charge >= 0.3 is 0 Å². The minimum absolute atomic E-state index is 1.03. The van der Waals surface area contributed by atoms with Crippen LogP contribution in [0.2, 0.25) is 0 Å². The highest BCUT2D eigenvalue weighted by molar-refractivity contribution is 5.81. The van der Waals surface area contributed by atoms with Gasteiger partial charge in [0.2, 0.25) is 0 Å². The van der Waals surface area contributed by atoms with Crippen LogP contribution in [0, 0.1) is 0 Å². The molecule has 0 spiro atoms. The Labute approximate surface area is 98.0 Å². The molecule has 2 heteroatoms. The molecule has 0 aliphatic heterocycles. The van der Waals surface area contributed by atoms with Crippen LogP contribution in [0.4, 0.5) is 0 Å². The molecule has 0 aromatic heterocycles. The molecule has 1 aromatic rings. The van der Waals surface area contributed by atoms with Crippen LogP contribution in [0.5, 0.6) is 0 Å². The van der Waals surface area contributed by atoms with Crippen LogP contribution in [0.15, 0.2) is 29.4 Å². The number of rotatable bonds is 7. The molecule has 0 amide bonds. The molecular formula is C14H21NO. The highest BCUT2D eigenvalue weighted by atomic mass is 16.4. The van der Waals surface area contributed by atoms with Crippen molar-refractivity contribution in [3.05, 3.63) is 35.4 Å². The van der Waals surface area contributed by atoms with Crippen molar-refractivity contribution in [1.82, 2.24) is 0 Å². The third-order valence-electron chi connectivity index (χ3n) is 2.80. The summed E-state index contributed by atoms with van der Waals surface area (Å²) in [6, 6.07) is 8.10. The third kappa shape index (κ3) is 4.47. The smallest absolute Gasteiger partial charge is 0.0736 e. The molecule has 88 valence electrons. The molecule has 0 bridgehead atoms. The first kappa shape index (κ1) is 12.8. The highest BCUT2D eigenvalue weighted by Gasteiger charge is 1.99. The van der Waals surface area contributed by atoms with Gasteiger partial charge in [0.1, 0.15) is 0 Å². The summed E-state index contributed by atoms with van der Waals surface area (Å²) in [6.45, 7) is 2.23. The highest BCUT2D eigenvalue weighted by Crippen LogP contribution is 2.12. The van der Waals surface area contributed by atoms with E-state index in [0.29, 0.717) is 0 Å². The zero-order valence-corrected chi connectivity index (χ0v) is 10.0. The zero-order valence-electron chi connectivity index (χ0n) is 10.0. The molecule has 0 atom stereocenters. The second kappa shape index (κ2) is 7.91. The Hall–Kier alpha value is -1.31. The van der Waals surface area contributed by atoms with E-state index < -0.39 is 0 Å². The molecule has 0 fully saturated rings. The molecule has 0 unspecified atom stereocenters. The minimum atomic E-state index is 1.03. The molecule has 0 saturated heterocycles. The number of hydrogen-bond acceptors (Lipinski definition) is 2. The van der Waals surface area contributed by atoms with Gasteiger partial charge in [0.15, 0.2) is 0 Å². The van der Waals surface area contributed by atoms with Gasteiger partial charge in [0.25, 0.3) is 0 Å². The maximum Gasteiger partial charge on any atom is 0.0736 e. The summed E-state index contributed by atoms with van der Waals surface area (Å²) >= 11 is 0. The molecule has 1 rings (SSSR count). The number of hydrogen-bond donors (Lipinski definition) is 1. The van der Waals surface area contributed by atoms with Gasteiger partial charge in [-0.1, -0.05) is 62.0 Å². The van der Waals surface area contributed by atoms with Gasteiger partial charge in [0.05, 0.1) is 6.21 Å². The van der Waals surface area contributed by atoms with Gasteiger partial charge in [-0.2, -0.15) is 0 Å². The average molecular weight is 219 g/mol. The Morgan fingerprint density at radius 3 is 2.62 bits per heavy atom. The predicted octanol–water partition coefficient (Wildman–Crippen LogP) is 4.01. The van der Waals surface area contributed by atoms with Gasteiger partial charge < -0.3 is 5.21 Å². The monoisotopic (exact) mass is 219 g/mol. The first-order valence-electron chi connectivity index (χ1n) is 6.13. The predicted molar refractivity (Wildman–Crippen MR) is 68.3 cm³/mol. The first-order chi connectivity index (χ1) is 7.88. The molecule has 0 saturated carbocycles. The zero-order chi connectivity index (χ0) is 11.6. The van der Waals surface area contributed by atoms with E-state index in [1.54, 1.807) is 0 Å². The number of benzene rings is 1. The van der Waals surface area contributed by atoms with Crippen molar-refractivity contribution in [2.45, 2.75) is 45.4 Å². The third-order valence-corrected chi connectivity index (χ3v) is 2.80. The standard InChI is InChI=1S/C14H21NO/c1-2-3-4-5-6-9-13-10-7-8-11-14(13)12-15-16/h7-8,10-12,16H,2-6,9H2,1H3. The van der Waals surface area contributed by atoms with E-state index in [1.165, 1.54) is 43.9 Å². The molecule has 0 aliphatic rings. The first-order valence-corrected chi connectivity index (χ1v) is 6.13. The van der Waals surface area contributed by atoms with Crippen molar-refractivity contribution in [2.24, 2.45) is 5.16 Å². The van der Waals surface area contributed by atoms with Gasteiger partial charge in [-0.25, -0.2) is 0 Å². The fourth-order valence-corrected chi connectivity index (χ4v) is 1.87. The van der Waals surface area contributed by atoms with Gasteiger partial charge in [0, 0.05) is 0 Å². The minimum Gasteiger partial charge on any atom is -0.411 e. The fourth-order valence-electron chi connectivity index (χ4n) is 1.87. The number of aryl methyl sites for hydroxylation is 1. The van der Waals surface area contributed by atoms with Crippen LogP contribution in [0.1, 0.15) is 50.2 Å². The summed E-state index contributed by atoms with van der Waals surface area (Å²) in [6.07, 6.45) is 9.04. The summed E-state index contributed by atoms with van der Waals surface area (Å²) in [4.78, 5) is 0. The lowest BCUT2D eigenvalue weighted by molar-refractivity contribution is 0.322. The van der Waals surface area contributed by atoms with Crippen molar-refractivity contribution < 1.29 is 5.21 Å². The summed E-state index contributed by atoms with van der Waals surface area (Å²) in [5.41, 5.74) is 2.30. The van der Waals surface area contributed by atoms with Crippen LogP contribution in [-0.4, -0.2) is 11.4 Å². The van der Waals surface area contributed by atoms with Gasteiger partial charge in [-0.3, -0.25) is 0 Å². The van der Waals surface area contributed by atoms with Crippen molar-refractivity contribution in [2.75, 3.05) is 0 Å². The van der Waals surface area contributed by atoms with Crippen LogP contribution in [0.25, 0.3) is 0 Å². The van der Waals surface area contributed by atoms with Crippen molar-refractivity contribution >= 4 is 6.21 Å². The summed E-state index contributed by atoms with van der Waals surface area (Å²) in [5, 5.41) is 11.7. The molecule has 1 aromatic carbocycles. The summed E-state index contributed by atoms with van der Waals surface area (Å²) in [5.74, 6) is 0. The Kier molecular flexibility index (Phi) is 6.31. The second-order valence-corrected chi connectivity index (χ2v) is 4.11. The van der Waals surface area contributed by atoms with E-state index in [1.807, 2.05) is 18.2 Å². The Balaban J connectivity index is 2.40. The fraction of sp³-hybridized carbons (Fsp3) is 0.500. The number of oxime groups is 1. The van der Waals surface area contributed by atoms with Gasteiger partial charge in [-0.05, 0) is 24.0 Å². The Morgan fingerprint density at radius 1 is 1.12 bits per heavy atom. The normalized spacial score (nSPS) is 11.1. The van der Waals surface area contributed by atoms with Crippen LogP contribution in [-0.2, 0) is 6.42 Å². The lowest BCUT2D eigenvalue weighted by Gasteiger charge is -2.04. The lowest BCUT2D eigenvalue weighted by atomic mass is 10.0. The summed E-state index contributed by atoms with van der Waals surface area (Å²) in [7, 11) is 0. The Bertz CT molecular complexity index is 320. The van der Waals surface area contributed by atoms with E-state index in [4.69, 9.17) is 5.21 Å². The van der Waals surface area contributed by atoms with E-state index in [-0.39, 0.29) is 0 Å². The van der Waals surface area contributed by atoms with Crippen LogP contribution < -0.4 is 0 Å². The quantitative estimate of drug-likeness (QED) is 0.319. The van der Waals surface area contributed by atoms with E-state index in [0.717, 1.165) is 12.0 Å². The molecule has 0 aliphatic carbocycles. The van der Waals surface area contributed by atoms with Crippen molar-refractivity contribution in [1.29, 1.82) is 0 Å². The molecular weight excluding hydrogens is 198 g/mol. The second-order valence-electron chi connectivity index (χ2n) is 4.11. The lowest BCUT2D eigenvalue weighted by Crippen LogP contribution is -1.93. The Morgan fingerprint density at radius 2 is 1.88 bits per heavy atom. The molecule has 16 heavy (non-hydrogen) atoms. The number of nitrogens with zero attached hydrogens (tertiary/aromatic N) is 1. The molecule has 2 nitrogen and oxygen atoms in total. The van der Waals surface area contributed by atoms with E-state index in [2.05, 4.69) is 18.1 Å². The average Bonchev–Trinajstić information content (AvgIpc) is 2.31. The van der Waals surface area contributed by atoms with Gasteiger partial charge in [-0.15, -0.1) is 0 Å². The number of unbranched alkanes of at least 4 members (excludes halogenated alkanes) is 4. The molecule has 0 heterocycles. The SMILES string of the molecule is CCCCCCCc1ccccc1C=NO. The topological polar surface area (TPSA) is 32.6 Å². The van der Waals surface area contributed by atoms with Crippen LogP contribution in [0.3, 0.4) is 0 Å². The van der Waals surface area contributed by atoms with Crippen molar-refractivity contribution in [3.63, 3.8) is 0 Å². The van der Waals surface area contributed by atoms with Crippen LogP contribution >= 0.6 is 0 Å². The van der Waals surface area contributed by atoms with Crippen molar-refractivity contribution in [3.8, 4) is 0 Å².